The van der Waals surface area contributed by atoms with Crippen molar-refractivity contribution in [1.29, 1.82) is 0 Å². The van der Waals surface area contributed by atoms with Gasteiger partial charge >= 0.3 is 0 Å². The smallest absolute Gasteiger partial charge is 0.165 e. The number of fused-ring (bicyclic) bond motifs is 2. The van der Waals surface area contributed by atoms with Gasteiger partial charge in [0.25, 0.3) is 0 Å². The second kappa shape index (κ2) is 12.6. The summed E-state index contributed by atoms with van der Waals surface area (Å²) in [5.74, 6) is 1.76. The number of benzene rings is 6. The first kappa shape index (κ1) is 29.3. The fourth-order valence-corrected chi connectivity index (χ4v) is 6.55. The van der Waals surface area contributed by atoms with Crippen LogP contribution in [0.4, 0.5) is 0 Å². The standard InChI is InChI=1S/C45H29N5/c1-2-9-30(10-3-1)31-18-22-34(23-19-31)43-48-44(35-24-20-33(21-25-35)39-15-7-17-42-41(39)16-8-26-47-42)50-45(49-43)37-27-36(28-46-29-37)40-14-6-12-32-11-4-5-13-38(32)40/h1-29H. The molecule has 5 heteroatoms. The lowest BCUT2D eigenvalue weighted by molar-refractivity contribution is 1.07. The zero-order chi connectivity index (χ0) is 33.3. The highest BCUT2D eigenvalue weighted by atomic mass is 15.0. The molecule has 9 rings (SSSR count). The molecule has 5 nitrogen and oxygen atoms in total. The van der Waals surface area contributed by atoms with Gasteiger partial charge in [0.05, 0.1) is 5.52 Å². The van der Waals surface area contributed by atoms with Gasteiger partial charge in [-0.2, -0.15) is 0 Å². The highest BCUT2D eigenvalue weighted by Gasteiger charge is 2.15. The third-order valence-electron chi connectivity index (χ3n) is 9.08. The number of rotatable bonds is 6. The van der Waals surface area contributed by atoms with Crippen LogP contribution >= 0.6 is 0 Å². The fourth-order valence-electron chi connectivity index (χ4n) is 6.55. The Morgan fingerprint density at radius 3 is 1.64 bits per heavy atom. The molecule has 0 N–H and O–H groups in total. The first-order valence-electron chi connectivity index (χ1n) is 16.6. The average Bonchev–Trinajstić information content (AvgIpc) is 3.21. The molecule has 0 saturated carbocycles. The van der Waals surface area contributed by atoms with Crippen molar-refractivity contribution in [3.8, 4) is 67.5 Å². The zero-order valence-electron chi connectivity index (χ0n) is 27.0. The van der Waals surface area contributed by atoms with E-state index >= 15 is 0 Å². The number of nitrogens with zero attached hydrogens (tertiary/aromatic N) is 5. The Morgan fingerprint density at radius 1 is 0.340 bits per heavy atom. The highest BCUT2D eigenvalue weighted by Crippen LogP contribution is 2.33. The molecule has 3 heterocycles. The summed E-state index contributed by atoms with van der Waals surface area (Å²) in [4.78, 5) is 24.3. The summed E-state index contributed by atoms with van der Waals surface area (Å²) in [6, 6.07) is 54.3. The van der Waals surface area contributed by atoms with Crippen LogP contribution in [0.2, 0.25) is 0 Å². The topological polar surface area (TPSA) is 64.5 Å². The van der Waals surface area contributed by atoms with Crippen molar-refractivity contribution in [3.63, 3.8) is 0 Å². The van der Waals surface area contributed by atoms with Gasteiger partial charge in [0, 0.05) is 46.2 Å². The molecule has 0 aliphatic rings. The van der Waals surface area contributed by atoms with Crippen LogP contribution in [0.5, 0.6) is 0 Å². The summed E-state index contributed by atoms with van der Waals surface area (Å²) in [5, 5.41) is 3.47. The zero-order valence-corrected chi connectivity index (χ0v) is 27.0. The third-order valence-corrected chi connectivity index (χ3v) is 9.08. The minimum atomic E-state index is 0.566. The molecule has 0 fully saturated rings. The monoisotopic (exact) mass is 639 g/mol. The molecule has 3 aromatic heterocycles. The summed E-state index contributed by atoms with van der Waals surface area (Å²) in [6.45, 7) is 0. The first-order chi connectivity index (χ1) is 24.8. The predicted octanol–water partition coefficient (Wildman–Crippen LogP) is 11.0. The molecule has 0 radical (unpaired) electrons. The predicted molar refractivity (Wildman–Crippen MR) is 203 cm³/mol. The number of hydrogen-bond acceptors (Lipinski definition) is 5. The van der Waals surface area contributed by atoms with Gasteiger partial charge in [0.1, 0.15) is 0 Å². The van der Waals surface area contributed by atoms with E-state index in [1.807, 2.05) is 42.9 Å². The first-order valence-corrected chi connectivity index (χ1v) is 16.6. The maximum absolute atomic E-state index is 5.04. The summed E-state index contributed by atoms with van der Waals surface area (Å²) < 4.78 is 0. The SMILES string of the molecule is c1ccc(-c2ccc(-c3nc(-c4ccc(-c5cccc6ncccc56)cc4)nc(-c4cncc(-c5cccc6ccccc56)c4)n3)cc2)cc1. The van der Waals surface area contributed by atoms with E-state index in [9.17, 15) is 0 Å². The third kappa shape index (κ3) is 5.57. The molecule has 0 bridgehead atoms. The lowest BCUT2D eigenvalue weighted by Gasteiger charge is -2.11. The number of hydrogen-bond donors (Lipinski definition) is 0. The molecule has 0 spiro atoms. The normalized spacial score (nSPS) is 11.2. The molecule has 6 aromatic carbocycles. The second-order valence-electron chi connectivity index (χ2n) is 12.2. The Labute approximate surface area is 289 Å². The van der Waals surface area contributed by atoms with E-state index < -0.39 is 0 Å². The summed E-state index contributed by atoms with van der Waals surface area (Å²) in [7, 11) is 0. The molecular weight excluding hydrogens is 611 g/mol. The Kier molecular flexibility index (Phi) is 7.41. The van der Waals surface area contributed by atoms with Crippen molar-refractivity contribution in [1.82, 2.24) is 24.9 Å². The van der Waals surface area contributed by atoms with Crippen molar-refractivity contribution in [2.45, 2.75) is 0 Å². The molecule has 0 amide bonds. The van der Waals surface area contributed by atoms with Crippen molar-refractivity contribution in [2.75, 3.05) is 0 Å². The fraction of sp³-hybridized carbons (Fsp3) is 0. The van der Waals surface area contributed by atoms with E-state index in [1.54, 1.807) is 0 Å². The Hall–Kier alpha value is -6.85. The largest absolute Gasteiger partial charge is 0.263 e. The van der Waals surface area contributed by atoms with Crippen molar-refractivity contribution in [3.05, 3.63) is 176 Å². The maximum atomic E-state index is 5.04. The highest BCUT2D eigenvalue weighted by molar-refractivity contribution is 5.97. The molecule has 234 valence electrons. The maximum Gasteiger partial charge on any atom is 0.165 e. The Balaban J connectivity index is 1.15. The lowest BCUT2D eigenvalue weighted by atomic mass is 9.98. The van der Waals surface area contributed by atoms with E-state index in [4.69, 9.17) is 15.0 Å². The Bertz CT molecular complexity index is 2620. The van der Waals surface area contributed by atoms with Gasteiger partial charge in [-0.25, -0.2) is 15.0 Å². The van der Waals surface area contributed by atoms with Crippen LogP contribution in [0.1, 0.15) is 0 Å². The van der Waals surface area contributed by atoms with Crippen LogP contribution in [0.25, 0.3) is 89.2 Å². The Morgan fingerprint density at radius 2 is 0.880 bits per heavy atom. The minimum Gasteiger partial charge on any atom is -0.263 e. The quantitative estimate of drug-likeness (QED) is 0.181. The summed E-state index contributed by atoms with van der Waals surface area (Å²) in [6.07, 6.45) is 5.55. The van der Waals surface area contributed by atoms with Crippen molar-refractivity contribution in [2.24, 2.45) is 0 Å². The van der Waals surface area contributed by atoms with Gasteiger partial charge < -0.3 is 0 Å². The summed E-state index contributed by atoms with van der Waals surface area (Å²) in [5.41, 5.74) is 10.2. The van der Waals surface area contributed by atoms with E-state index in [2.05, 4.69) is 143 Å². The number of aromatic nitrogens is 5. The average molecular weight is 640 g/mol. The molecule has 0 aliphatic carbocycles. The second-order valence-corrected chi connectivity index (χ2v) is 12.2. The van der Waals surface area contributed by atoms with Gasteiger partial charge in [-0.15, -0.1) is 0 Å². The van der Waals surface area contributed by atoms with Crippen LogP contribution in [-0.2, 0) is 0 Å². The minimum absolute atomic E-state index is 0.566. The molecule has 0 aliphatic heterocycles. The van der Waals surface area contributed by atoms with Crippen LogP contribution in [0.15, 0.2) is 176 Å². The van der Waals surface area contributed by atoms with E-state index in [0.29, 0.717) is 17.5 Å². The lowest BCUT2D eigenvalue weighted by Crippen LogP contribution is -2.00. The van der Waals surface area contributed by atoms with Gasteiger partial charge in [0.15, 0.2) is 17.5 Å². The molecule has 9 aromatic rings. The molecule has 0 unspecified atom stereocenters. The van der Waals surface area contributed by atoms with Gasteiger partial charge in [-0.05, 0) is 56.8 Å². The number of pyridine rings is 2. The molecule has 0 saturated heterocycles. The van der Waals surface area contributed by atoms with Gasteiger partial charge in [0.2, 0.25) is 0 Å². The van der Waals surface area contributed by atoms with E-state index in [1.165, 1.54) is 10.8 Å². The van der Waals surface area contributed by atoms with Crippen molar-refractivity contribution >= 4 is 21.7 Å². The summed E-state index contributed by atoms with van der Waals surface area (Å²) >= 11 is 0. The molecule has 0 atom stereocenters. The van der Waals surface area contributed by atoms with Crippen LogP contribution in [-0.4, -0.2) is 24.9 Å². The van der Waals surface area contributed by atoms with Crippen LogP contribution in [0.3, 0.4) is 0 Å². The van der Waals surface area contributed by atoms with Crippen LogP contribution in [0, 0.1) is 0 Å². The van der Waals surface area contributed by atoms with Gasteiger partial charge in [-0.1, -0.05) is 140 Å². The van der Waals surface area contributed by atoms with Gasteiger partial charge in [-0.3, -0.25) is 9.97 Å². The van der Waals surface area contributed by atoms with E-state index in [-0.39, 0.29) is 0 Å². The van der Waals surface area contributed by atoms with Crippen LogP contribution < -0.4 is 0 Å². The molecule has 50 heavy (non-hydrogen) atoms. The molecular formula is C45H29N5. The van der Waals surface area contributed by atoms with Crippen molar-refractivity contribution < 1.29 is 0 Å². The van der Waals surface area contributed by atoms with E-state index in [0.717, 1.165) is 61.0 Å².